The van der Waals surface area contributed by atoms with Gasteiger partial charge in [-0.2, -0.15) is 0 Å². The highest BCUT2D eigenvalue weighted by Crippen LogP contribution is 2.09. The zero-order valence-electron chi connectivity index (χ0n) is 17.1. The molecule has 2 N–H and O–H groups in total. The molecule has 2 rings (SSSR count). The molecule has 2 heterocycles. The molecule has 0 fully saturated rings. The van der Waals surface area contributed by atoms with Crippen LogP contribution in [0.4, 0.5) is 11.9 Å². The highest BCUT2D eigenvalue weighted by atomic mass is 127. The second kappa shape index (κ2) is 17.1. The summed E-state index contributed by atoms with van der Waals surface area (Å²) in [6, 6.07) is 3.89. The lowest BCUT2D eigenvalue weighted by molar-refractivity contribution is -0.659. The number of nitrogens with zero attached hydrogens (tertiary/aromatic N) is 4. The number of hydrogen-bond acceptors (Lipinski definition) is 4. The van der Waals surface area contributed by atoms with Crippen molar-refractivity contribution in [2.75, 3.05) is 23.7 Å². The number of halogens is 2. The molecule has 0 aliphatic heterocycles. The SMILES string of the molecule is C[n+]1cccnc1NCCCCCCCCCCNc1nccc[n+]1C.[I-].[I-]. The second-order valence-electron chi connectivity index (χ2n) is 6.79. The molecular weight excluding hydrogens is 578 g/mol. The Labute approximate surface area is 204 Å². The first kappa shape index (κ1) is 27.2. The van der Waals surface area contributed by atoms with Crippen molar-refractivity contribution in [2.45, 2.75) is 51.4 Å². The molecule has 0 atom stereocenters. The largest absolute Gasteiger partial charge is 1.00 e. The Morgan fingerprint density at radius 2 is 1.00 bits per heavy atom. The Morgan fingerprint density at radius 1 is 0.643 bits per heavy atom. The van der Waals surface area contributed by atoms with Crippen molar-refractivity contribution in [3.05, 3.63) is 36.9 Å². The van der Waals surface area contributed by atoms with Gasteiger partial charge >= 0.3 is 11.9 Å². The highest BCUT2D eigenvalue weighted by molar-refractivity contribution is 5.15. The van der Waals surface area contributed by atoms with Gasteiger partial charge in [0.25, 0.3) is 0 Å². The Hall–Kier alpha value is -0.780. The first-order valence-electron chi connectivity index (χ1n) is 9.86. The summed E-state index contributed by atoms with van der Waals surface area (Å²) >= 11 is 0. The summed E-state index contributed by atoms with van der Waals surface area (Å²) in [5.74, 6) is 1.89. The molecule has 2 aromatic rings. The van der Waals surface area contributed by atoms with Crippen LogP contribution in [0.1, 0.15) is 51.4 Å². The van der Waals surface area contributed by atoms with E-state index in [-0.39, 0.29) is 48.0 Å². The molecule has 0 aliphatic rings. The monoisotopic (exact) mass is 612 g/mol. The molecule has 6 nitrogen and oxygen atoms in total. The number of nitrogens with one attached hydrogen (secondary N) is 2. The van der Waals surface area contributed by atoms with Gasteiger partial charge < -0.3 is 48.0 Å². The topological polar surface area (TPSA) is 57.6 Å². The highest BCUT2D eigenvalue weighted by Gasteiger charge is 2.05. The van der Waals surface area contributed by atoms with Crippen molar-refractivity contribution in [1.29, 1.82) is 0 Å². The third-order valence-corrected chi connectivity index (χ3v) is 4.52. The Kier molecular flexibility index (Phi) is 16.6. The number of aromatic nitrogens is 4. The average molecular weight is 612 g/mol. The van der Waals surface area contributed by atoms with Crippen molar-refractivity contribution >= 4 is 11.9 Å². The quantitative estimate of drug-likeness (QED) is 0.142. The van der Waals surface area contributed by atoms with Crippen LogP contribution in [0.2, 0.25) is 0 Å². The van der Waals surface area contributed by atoms with Gasteiger partial charge in [-0.15, -0.1) is 0 Å². The first-order valence-corrected chi connectivity index (χ1v) is 9.86. The third-order valence-electron chi connectivity index (χ3n) is 4.52. The summed E-state index contributed by atoms with van der Waals surface area (Å²) in [5, 5.41) is 6.79. The molecule has 0 bridgehead atoms. The van der Waals surface area contributed by atoms with E-state index in [2.05, 4.69) is 20.6 Å². The molecular formula is C20H34I2N6. The van der Waals surface area contributed by atoms with Crippen LogP contribution in [0.25, 0.3) is 0 Å². The van der Waals surface area contributed by atoms with E-state index in [9.17, 15) is 0 Å². The molecule has 0 aliphatic carbocycles. The lowest BCUT2D eigenvalue weighted by Crippen LogP contribution is -3.00. The van der Waals surface area contributed by atoms with Crippen LogP contribution >= 0.6 is 0 Å². The Balaban J connectivity index is 0.00000364. The van der Waals surface area contributed by atoms with Crippen molar-refractivity contribution < 1.29 is 57.1 Å². The smallest absolute Gasteiger partial charge is 0.391 e. The van der Waals surface area contributed by atoms with Crippen LogP contribution in [0.15, 0.2) is 36.9 Å². The summed E-state index contributed by atoms with van der Waals surface area (Å²) in [4.78, 5) is 8.65. The van der Waals surface area contributed by atoms with E-state index in [0.29, 0.717) is 0 Å². The molecule has 2 aromatic heterocycles. The summed E-state index contributed by atoms with van der Waals surface area (Å²) in [6.07, 6.45) is 18.0. The predicted molar refractivity (Wildman–Crippen MR) is 105 cm³/mol. The van der Waals surface area contributed by atoms with E-state index in [1.807, 2.05) is 60.1 Å². The maximum Gasteiger partial charge on any atom is 0.391 e. The van der Waals surface area contributed by atoms with Gasteiger partial charge in [0, 0.05) is 12.1 Å². The van der Waals surface area contributed by atoms with Gasteiger partial charge in [-0.05, 0) is 12.8 Å². The van der Waals surface area contributed by atoms with Crippen molar-refractivity contribution in [3.8, 4) is 0 Å². The molecule has 8 heteroatoms. The Bertz CT molecular complexity index is 586. The lowest BCUT2D eigenvalue weighted by atomic mass is 10.1. The third kappa shape index (κ3) is 11.3. The van der Waals surface area contributed by atoms with Crippen molar-refractivity contribution in [1.82, 2.24) is 9.97 Å². The maximum absolute atomic E-state index is 4.33. The average Bonchev–Trinajstić information content (AvgIpc) is 2.65. The molecule has 0 radical (unpaired) electrons. The van der Waals surface area contributed by atoms with Gasteiger partial charge in [0.1, 0.15) is 12.4 Å². The number of anilines is 2. The molecule has 158 valence electrons. The number of hydrogen-bond donors (Lipinski definition) is 2. The number of rotatable bonds is 13. The van der Waals surface area contributed by atoms with Gasteiger partial charge in [0.15, 0.2) is 0 Å². The molecule has 0 spiro atoms. The fraction of sp³-hybridized carbons (Fsp3) is 0.600. The maximum atomic E-state index is 4.33. The van der Waals surface area contributed by atoms with Crippen LogP contribution in [-0.4, -0.2) is 23.1 Å². The van der Waals surface area contributed by atoms with Crippen LogP contribution in [-0.2, 0) is 14.1 Å². The zero-order valence-corrected chi connectivity index (χ0v) is 21.4. The van der Waals surface area contributed by atoms with E-state index in [1.54, 1.807) is 0 Å². The van der Waals surface area contributed by atoms with Gasteiger partial charge in [-0.25, -0.2) is 9.13 Å². The predicted octanol–water partition coefficient (Wildman–Crippen LogP) is -3.22. The Morgan fingerprint density at radius 3 is 1.36 bits per heavy atom. The normalized spacial score (nSPS) is 9.93. The minimum absolute atomic E-state index is 0. The number of unbranched alkanes of at least 4 members (excludes halogenated alkanes) is 7. The lowest BCUT2D eigenvalue weighted by Gasteiger charge is -2.04. The fourth-order valence-corrected chi connectivity index (χ4v) is 2.94. The molecule has 0 aromatic carbocycles. The van der Waals surface area contributed by atoms with E-state index in [0.717, 1.165) is 25.0 Å². The van der Waals surface area contributed by atoms with Crippen LogP contribution in [0, 0.1) is 0 Å². The molecule has 0 saturated heterocycles. The van der Waals surface area contributed by atoms with Crippen LogP contribution in [0.5, 0.6) is 0 Å². The molecule has 0 unspecified atom stereocenters. The van der Waals surface area contributed by atoms with E-state index in [4.69, 9.17) is 0 Å². The zero-order chi connectivity index (χ0) is 18.5. The van der Waals surface area contributed by atoms with Crippen LogP contribution < -0.4 is 67.7 Å². The van der Waals surface area contributed by atoms with Gasteiger partial charge in [0.05, 0.1) is 39.6 Å². The van der Waals surface area contributed by atoms with E-state index >= 15 is 0 Å². The molecule has 0 amide bonds. The standard InChI is InChI=1S/C20H32N6.2HI/c1-25-17-11-15-23-19(25)21-13-9-7-5-3-4-6-8-10-14-22-20-24-16-12-18-26(20)2;;/h11-12,15-18H,3-10,13-14H2,1-2H3;2*1H. The van der Waals surface area contributed by atoms with E-state index < -0.39 is 0 Å². The van der Waals surface area contributed by atoms with E-state index in [1.165, 1.54) is 51.4 Å². The van der Waals surface area contributed by atoms with Crippen LogP contribution in [0.3, 0.4) is 0 Å². The van der Waals surface area contributed by atoms with Gasteiger partial charge in [-0.1, -0.05) is 48.5 Å². The summed E-state index contributed by atoms with van der Waals surface area (Å²) in [6.45, 7) is 2.00. The van der Waals surface area contributed by atoms with Crippen molar-refractivity contribution in [3.63, 3.8) is 0 Å². The first-order chi connectivity index (χ1) is 12.8. The van der Waals surface area contributed by atoms with Crippen molar-refractivity contribution in [2.24, 2.45) is 14.1 Å². The van der Waals surface area contributed by atoms with Gasteiger partial charge in [-0.3, -0.25) is 10.6 Å². The second-order valence-corrected chi connectivity index (χ2v) is 6.79. The minimum Gasteiger partial charge on any atom is -1.00 e. The van der Waals surface area contributed by atoms with Gasteiger partial charge in [0.2, 0.25) is 0 Å². The minimum atomic E-state index is 0. The fourth-order valence-electron chi connectivity index (χ4n) is 2.94. The summed E-state index contributed by atoms with van der Waals surface area (Å²) in [5.41, 5.74) is 0. The summed E-state index contributed by atoms with van der Waals surface area (Å²) < 4.78 is 4.03. The number of aryl methyl sites for hydroxylation is 2. The molecule has 0 saturated carbocycles. The summed E-state index contributed by atoms with van der Waals surface area (Å²) in [7, 11) is 4.03. The molecule has 28 heavy (non-hydrogen) atoms.